The zero-order valence-corrected chi connectivity index (χ0v) is 16.6. The van der Waals surface area contributed by atoms with Crippen molar-refractivity contribution in [2.24, 2.45) is 0 Å². The maximum absolute atomic E-state index is 12.4. The summed E-state index contributed by atoms with van der Waals surface area (Å²) in [6.45, 7) is 6.28. The number of aromatic nitrogens is 3. The van der Waals surface area contributed by atoms with Gasteiger partial charge in [0.2, 0.25) is 5.60 Å². The highest BCUT2D eigenvalue weighted by Crippen LogP contribution is 2.25. The Morgan fingerprint density at radius 2 is 2.13 bits per heavy atom. The van der Waals surface area contributed by atoms with Crippen molar-refractivity contribution in [1.29, 1.82) is 0 Å². The van der Waals surface area contributed by atoms with E-state index in [1.807, 2.05) is 36.4 Å². The Hall–Kier alpha value is -3.76. The van der Waals surface area contributed by atoms with Gasteiger partial charge in [-0.15, -0.1) is 6.58 Å². The second-order valence-electron chi connectivity index (χ2n) is 7.20. The number of likely N-dealkylation sites (tertiary alicyclic amines) is 1. The molecular weight excluding hydrogens is 378 g/mol. The third-order valence-corrected chi connectivity index (χ3v) is 4.99. The number of amides is 1. The predicted octanol–water partition coefficient (Wildman–Crippen LogP) is 2.08. The Labute approximate surface area is 174 Å². The molecule has 4 rings (SSSR count). The van der Waals surface area contributed by atoms with Gasteiger partial charge in [0, 0.05) is 30.6 Å². The van der Waals surface area contributed by atoms with Gasteiger partial charge in [0.15, 0.2) is 5.82 Å². The van der Waals surface area contributed by atoms with Gasteiger partial charge in [0.05, 0.1) is 11.2 Å². The smallest absolute Gasteiger partial charge is 0.267 e. The first-order valence-corrected chi connectivity index (χ1v) is 9.57. The second-order valence-corrected chi connectivity index (χ2v) is 7.20. The van der Waals surface area contributed by atoms with Gasteiger partial charge in [-0.3, -0.25) is 4.79 Å². The lowest BCUT2D eigenvalue weighted by molar-refractivity contribution is -0.138. The van der Waals surface area contributed by atoms with Crippen LogP contribution in [0.1, 0.15) is 17.8 Å². The third kappa shape index (κ3) is 3.61. The van der Waals surface area contributed by atoms with Crippen LogP contribution in [-0.2, 0) is 4.79 Å². The van der Waals surface area contributed by atoms with Crippen LogP contribution in [0.2, 0.25) is 0 Å². The Bertz CT molecular complexity index is 1230. The largest absolute Gasteiger partial charge is 0.382 e. The van der Waals surface area contributed by atoms with Crippen LogP contribution in [0, 0.1) is 18.8 Å². The van der Waals surface area contributed by atoms with Crippen LogP contribution in [-0.4, -0.2) is 49.6 Å². The molecule has 1 fully saturated rings. The molecule has 150 valence electrons. The molecule has 1 aliphatic rings. The number of carbonyl (C=O) groups is 1. The number of nitrogens with zero attached hydrogens (tertiary/aromatic N) is 4. The zero-order chi connectivity index (χ0) is 21.3. The summed E-state index contributed by atoms with van der Waals surface area (Å²) in [6.07, 6.45) is 1.91. The summed E-state index contributed by atoms with van der Waals surface area (Å²) in [4.78, 5) is 27.1. The summed E-state index contributed by atoms with van der Waals surface area (Å²) < 4.78 is 0. The van der Waals surface area contributed by atoms with E-state index in [1.54, 1.807) is 17.9 Å². The molecular formula is C23H21N5O2. The first kappa shape index (κ1) is 19.6. The number of aryl methyl sites for hydroxylation is 1. The highest BCUT2D eigenvalue weighted by atomic mass is 16.3. The van der Waals surface area contributed by atoms with Gasteiger partial charge in [-0.1, -0.05) is 30.0 Å². The summed E-state index contributed by atoms with van der Waals surface area (Å²) in [5.74, 6) is 6.24. The number of aliphatic hydroxyl groups is 1. The Morgan fingerprint density at radius 3 is 2.93 bits per heavy atom. The lowest BCUT2D eigenvalue weighted by atomic mass is 10.0. The number of nitrogen functional groups attached to an aromatic ring is 1. The van der Waals surface area contributed by atoms with E-state index in [4.69, 9.17) is 5.73 Å². The average molecular weight is 399 g/mol. The minimum Gasteiger partial charge on any atom is -0.382 e. The normalized spacial score (nSPS) is 18.3. The van der Waals surface area contributed by atoms with Crippen molar-refractivity contribution in [3.63, 3.8) is 0 Å². The van der Waals surface area contributed by atoms with E-state index in [0.29, 0.717) is 47.0 Å². The highest BCUT2D eigenvalue weighted by Gasteiger charge is 2.43. The van der Waals surface area contributed by atoms with Crippen LogP contribution in [0.5, 0.6) is 0 Å². The molecule has 1 amide bonds. The third-order valence-electron chi connectivity index (χ3n) is 4.99. The second kappa shape index (κ2) is 7.58. The van der Waals surface area contributed by atoms with Crippen LogP contribution in [0.3, 0.4) is 0 Å². The quantitative estimate of drug-likeness (QED) is 0.516. The monoisotopic (exact) mass is 399 g/mol. The van der Waals surface area contributed by atoms with Crippen molar-refractivity contribution < 1.29 is 9.90 Å². The van der Waals surface area contributed by atoms with Crippen molar-refractivity contribution in [2.75, 3.05) is 18.8 Å². The molecule has 7 heteroatoms. The molecule has 1 aliphatic heterocycles. The van der Waals surface area contributed by atoms with Crippen LogP contribution >= 0.6 is 0 Å². The SMILES string of the molecule is C=CCN1CC[C@@](O)(C#Cc2cccc(-c3ccc4nc(C)nc(N)c4n3)c2)C1=O. The molecule has 30 heavy (non-hydrogen) atoms. The number of fused-ring (bicyclic) bond motifs is 1. The molecule has 0 saturated carbocycles. The number of anilines is 1. The van der Waals surface area contributed by atoms with E-state index < -0.39 is 5.60 Å². The Kier molecular flexibility index (Phi) is 4.94. The molecule has 0 aliphatic carbocycles. The molecule has 2 aromatic heterocycles. The number of pyridine rings is 1. The Balaban J connectivity index is 1.65. The van der Waals surface area contributed by atoms with Gasteiger partial charge < -0.3 is 15.7 Å². The number of carbonyl (C=O) groups excluding carboxylic acids is 1. The van der Waals surface area contributed by atoms with E-state index in [9.17, 15) is 9.90 Å². The molecule has 0 spiro atoms. The average Bonchev–Trinajstić information content (AvgIpc) is 3.01. The molecule has 1 aromatic carbocycles. The fourth-order valence-corrected chi connectivity index (χ4v) is 3.46. The molecule has 0 radical (unpaired) electrons. The fraction of sp³-hybridized carbons (Fsp3) is 0.217. The number of hydrogen-bond acceptors (Lipinski definition) is 6. The Morgan fingerprint density at radius 1 is 1.30 bits per heavy atom. The van der Waals surface area contributed by atoms with E-state index in [2.05, 4.69) is 33.4 Å². The molecule has 3 aromatic rings. The predicted molar refractivity (Wildman–Crippen MR) is 115 cm³/mol. The molecule has 1 saturated heterocycles. The molecule has 1 atom stereocenters. The van der Waals surface area contributed by atoms with E-state index >= 15 is 0 Å². The van der Waals surface area contributed by atoms with Crippen molar-refractivity contribution >= 4 is 22.8 Å². The van der Waals surface area contributed by atoms with E-state index in [1.165, 1.54) is 0 Å². The molecule has 3 heterocycles. The van der Waals surface area contributed by atoms with Crippen molar-refractivity contribution in [3.8, 4) is 23.1 Å². The van der Waals surface area contributed by atoms with Gasteiger partial charge in [-0.2, -0.15) is 0 Å². The zero-order valence-electron chi connectivity index (χ0n) is 16.6. The topological polar surface area (TPSA) is 105 Å². The van der Waals surface area contributed by atoms with Crippen molar-refractivity contribution in [2.45, 2.75) is 18.9 Å². The summed E-state index contributed by atoms with van der Waals surface area (Å²) in [7, 11) is 0. The minimum absolute atomic E-state index is 0.275. The summed E-state index contributed by atoms with van der Waals surface area (Å²) in [5, 5.41) is 10.6. The van der Waals surface area contributed by atoms with Gasteiger partial charge >= 0.3 is 0 Å². The first-order chi connectivity index (χ1) is 14.4. The maximum atomic E-state index is 12.4. The van der Waals surface area contributed by atoms with E-state index in [-0.39, 0.29) is 12.3 Å². The van der Waals surface area contributed by atoms with Crippen molar-refractivity contribution in [1.82, 2.24) is 19.9 Å². The van der Waals surface area contributed by atoms with Gasteiger partial charge in [-0.25, -0.2) is 15.0 Å². The van der Waals surface area contributed by atoms with Crippen LogP contribution < -0.4 is 5.73 Å². The molecule has 0 bridgehead atoms. The van der Waals surface area contributed by atoms with Gasteiger partial charge in [-0.05, 0) is 31.2 Å². The minimum atomic E-state index is -1.66. The molecule has 3 N–H and O–H groups in total. The summed E-state index contributed by atoms with van der Waals surface area (Å²) in [6, 6.07) is 11.2. The number of nitrogens with two attached hydrogens (primary N) is 1. The van der Waals surface area contributed by atoms with Crippen LogP contribution in [0.15, 0.2) is 49.1 Å². The number of hydrogen-bond donors (Lipinski definition) is 2. The lowest BCUT2D eigenvalue weighted by Crippen LogP contribution is -2.38. The lowest BCUT2D eigenvalue weighted by Gasteiger charge is -2.16. The fourth-order valence-electron chi connectivity index (χ4n) is 3.46. The standard InChI is InChI=1S/C23H21N5O2/c1-3-12-28-13-11-23(30,22(28)29)10-9-16-5-4-6-17(14-16)18-7-8-19-20(27-18)21(24)26-15(2)25-19/h3-8,14,30H,1,11-13H2,2H3,(H2,24,25,26)/t23-/m0/s1. The van der Waals surface area contributed by atoms with Gasteiger partial charge in [0.25, 0.3) is 5.91 Å². The van der Waals surface area contributed by atoms with Crippen LogP contribution in [0.4, 0.5) is 5.82 Å². The summed E-state index contributed by atoms with van der Waals surface area (Å²) in [5.41, 5.74) is 7.79. The summed E-state index contributed by atoms with van der Waals surface area (Å²) >= 11 is 0. The number of rotatable bonds is 3. The van der Waals surface area contributed by atoms with Crippen molar-refractivity contribution in [3.05, 3.63) is 60.4 Å². The van der Waals surface area contributed by atoms with E-state index in [0.717, 1.165) is 5.56 Å². The maximum Gasteiger partial charge on any atom is 0.267 e. The van der Waals surface area contributed by atoms with Gasteiger partial charge in [0.1, 0.15) is 11.3 Å². The van der Waals surface area contributed by atoms with Crippen LogP contribution in [0.25, 0.3) is 22.3 Å². The first-order valence-electron chi connectivity index (χ1n) is 9.57. The highest BCUT2D eigenvalue weighted by molar-refractivity contribution is 5.91. The molecule has 7 nitrogen and oxygen atoms in total. The number of benzene rings is 1. The molecule has 0 unspecified atom stereocenters.